The summed E-state index contributed by atoms with van der Waals surface area (Å²) >= 11 is 1.60. The quantitative estimate of drug-likeness (QED) is 0.854. The number of hydrogen-bond donors (Lipinski definition) is 1. The van der Waals surface area contributed by atoms with Crippen LogP contribution in [-0.4, -0.2) is 33.9 Å². The Balaban J connectivity index is 2.02. The molecule has 1 unspecified atom stereocenters. The second-order valence-electron chi connectivity index (χ2n) is 3.94. The summed E-state index contributed by atoms with van der Waals surface area (Å²) in [6, 6.07) is 5.90. The van der Waals surface area contributed by atoms with Gasteiger partial charge in [-0.2, -0.15) is 0 Å². The van der Waals surface area contributed by atoms with Crippen molar-refractivity contribution in [1.82, 2.24) is 4.98 Å². The fourth-order valence-corrected chi connectivity index (χ4v) is 3.19. The van der Waals surface area contributed by atoms with Gasteiger partial charge in [0.2, 0.25) is 0 Å². The molecule has 2 rings (SSSR count). The first-order valence-electron chi connectivity index (χ1n) is 6.35. The third-order valence-electron chi connectivity index (χ3n) is 2.60. The van der Waals surface area contributed by atoms with E-state index in [1.54, 1.807) is 11.3 Å². The zero-order chi connectivity index (χ0) is 13.7. The highest BCUT2D eigenvalue weighted by Crippen LogP contribution is 2.29. The van der Waals surface area contributed by atoms with E-state index in [9.17, 15) is 4.21 Å². The van der Waals surface area contributed by atoms with Crippen molar-refractivity contribution in [2.45, 2.75) is 13.8 Å². The smallest absolute Gasteiger partial charge is 0.183 e. The van der Waals surface area contributed by atoms with Crippen molar-refractivity contribution >= 4 is 37.5 Å². The zero-order valence-electron chi connectivity index (χ0n) is 11.1. The number of fused-ring (bicyclic) bond motifs is 1. The number of ether oxygens (including phenoxy) is 1. The molecule has 0 aliphatic carbocycles. The van der Waals surface area contributed by atoms with E-state index in [0.717, 1.165) is 21.1 Å². The predicted molar refractivity (Wildman–Crippen MR) is 82.8 cm³/mol. The van der Waals surface area contributed by atoms with Gasteiger partial charge < -0.3 is 10.1 Å². The lowest BCUT2D eigenvalue weighted by atomic mass is 10.3. The maximum absolute atomic E-state index is 11.3. The van der Waals surface area contributed by atoms with Gasteiger partial charge in [-0.25, -0.2) is 4.98 Å². The van der Waals surface area contributed by atoms with Crippen molar-refractivity contribution in [3.05, 3.63) is 18.2 Å². The molecule has 0 spiro atoms. The largest absolute Gasteiger partial charge is 0.494 e. The van der Waals surface area contributed by atoms with Gasteiger partial charge in [0.1, 0.15) is 5.75 Å². The highest BCUT2D eigenvalue weighted by molar-refractivity contribution is 7.84. The summed E-state index contributed by atoms with van der Waals surface area (Å²) in [5, 5.41) is 4.10. The number of thiazole rings is 1. The number of nitrogens with zero attached hydrogens (tertiary/aromatic N) is 1. The average molecular weight is 298 g/mol. The van der Waals surface area contributed by atoms with Crippen molar-refractivity contribution in [3.63, 3.8) is 0 Å². The molecular formula is C13H18N2O2S2. The molecule has 1 N–H and O–H groups in total. The van der Waals surface area contributed by atoms with Crippen LogP contribution in [-0.2, 0) is 10.8 Å². The average Bonchev–Trinajstić information content (AvgIpc) is 2.80. The lowest BCUT2D eigenvalue weighted by Crippen LogP contribution is -2.11. The Morgan fingerprint density at radius 3 is 3.00 bits per heavy atom. The molecule has 0 saturated heterocycles. The van der Waals surface area contributed by atoms with E-state index in [0.29, 0.717) is 24.7 Å². The fourth-order valence-electron chi connectivity index (χ4n) is 1.65. The minimum absolute atomic E-state index is 0.663. The number of anilines is 1. The molecule has 1 aromatic heterocycles. The van der Waals surface area contributed by atoms with Gasteiger partial charge in [0, 0.05) is 28.9 Å². The second-order valence-corrected chi connectivity index (χ2v) is 6.84. The normalized spacial score (nSPS) is 12.5. The summed E-state index contributed by atoms with van der Waals surface area (Å²) < 4.78 is 17.9. The lowest BCUT2D eigenvalue weighted by Gasteiger charge is -2.00. The summed E-state index contributed by atoms with van der Waals surface area (Å²) in [6.45, 7) is 5.26. The Bertz CT molecular complexity index is 569. The summed E-state index contributed by atoms with van der Waals surface area (Å²) in [6.07, 6.45) is 0. The Morgan fingerprint density at radius 2 is 2.26 bits per heavy atom. The minimum Gasteiger partial charge on any atom is -0.494 e. The van der Waals surface area contributed by atoms with Crippen LogP contribution in [0.2, 0.25) is 0 Å². The van der Waals surface area contributed by atoms with Gasteiger partial charge in [0.25, 0.3) is 0 Å². The fraction of sp³-hybridized carbons (Fsp3) is 0.462. The molecule has 0 amide bonds. The second kappa shape index (κ2) is 6.86. The van der Waals surface area contributed by atoms with E-state index >= 15 is 0 Å². The lowest BCUT2D eigenvalue weighted by molar-refractivity contribution is 0.341. The number of hydrogen-bond acceptors (Lipinski definition) is 5. The Kier molecular flexibility index (Phi) is 5.15. The molecule has 0 bridgehead atoms. The summed E-state index contributed by atoms with van der Waals surface area (Å²) in [5.74, 6) is 2.24. The Labute approximate surface area is 119 Å². The highest BCUT2D eigenvalue weighted by Gasteiger charge is 2.05. The number of benzene rings is 1. The van der Waals surface area contributed by atoms with Gasteiger partial charge in [-0.05, 0) is 25.1 Å². The molecule has 1 aromatic carbocycles. The molecule has 2 aromatic rings. The van der Waals surface area contributed by atoms with Crippen molar-refractivity contribution < 1.29 is 8.95 Å². The molecule has 1 heterocycles. The molecule has 1 atom stereocenters. The molecule has 0 fully saturated rings. The first-order chi connectivity index (χ1) is 9.22. The molecule has 0 saturated carbocycles. The maximum atomic E-state index is 11.3. The Morgan fingerprint density at radius 1 is 1.42 bits per heavy atom. The van der Waals surface area contributed by atoms with E-state index in [1.165, 1.54) is 0 Å². The van der Waals surface area contributed by atoms with Gasteiger partial charge >= 0.3 is 0 Å². The highest BCUT2D eigenvalue weighted by atomic mass is 32.2. The monoisotopic (exact) mass is 298 g/mol. The summed E-state index contributed by atoms with van der Waals surface area (Å²) in [5.41, 5.74) is 0.965. The first kappa shape index (κ1) is 14.3. The summed E-state index contributed by atoms with van der Waals surface area (Å²) in [4.78, 5) is 4.49. The number of rotatable bonds is 7. The van der Waals surface area contributed by atoms with Crippen LogP contribution in [0.5, 0.6) is 5.75 Å². The van der Waals surface area contributed by atoms with Crippen molar-refractivity contribution in [1.29, 1.82) is 0 Å². The number of aromatic nitrogens is 1. The first-order valence-corrected chi connectivity index (χ1v) is 8.65. The van der Waals surface area contributed by atoms with Crippen molar-refractivity contribution in [2.24, 2.45) is 0 Å². The van der Waals surface area contributed by atoms with Gasteiger partial charge in [0.15, 0.2) is 5.13 Å². The predicted octanol–water partition coefficient (Wildman–Crippen LogP) is 2.88. The van der Waals surface area contributed by atoms with Crippen LogP contribution in [0.3, 0.4) is 0 Å². The molecule has 0 aliphatic heterocycles. The van der Waals surface area contributed by atoms with E-state index in [-0.39, 0.29) is 0 Å². The molecule has 6 heteroatoms. The SMILES string of the molecule is CCOc1ccc2nc(NCCS(=O)CC)sc2c1. The summed E-state index contributed by atoms with van der Waals surface area (Å²) in [7, 11) is -0.730. The molecule has 19 heavy (non-hydrogen) atoms. The van der Waals surface area contributed by atoms with Gasteiger partial charge in [-0.3, -0.25) is 4.21 Å². The van der Waals surface area contributed by atoms with Gasteiger partial charge in [-0.1, -0.05) is 18.3 Å². The third-order valence-corrected chi connectivity index (χ3v) is 4.88. The minimum atomic E-state index is -0.730. The van der Waals surface area contributed by atoms with E-state index < -0.39 is 10.8 Å². The van der Waals surface area contributed by atoms with Crippen LogP contribution in [0.25, 0.3) is 10.2 Å². The van der Waals surface area contributed by atoms with Crippen LogP contribution in [0.15, 0.2) is 18.2 Å². The van der Waals surface area contributed by atoms with E-state index in [1.807, 2.05) is 32.0 Å². The topological polar surface area (TPSA) is 51.2 Å². The molecule has 0 radical (unpaired) electrons. The van der Waals surface area contributed by atoms with Gasteiger partial charge in [0.05, 0.1) is 16.8 Å². The maximum Gasteiger partial charge on any atom is 0.183 e. The standard InChI is InChI=1S/C13H18N2O2S2/c1-3-17-10-5-6-11-12(9-10)18-13(15-11)14-7-8-19(16)4-2/h5-6,9H,3-4,7-8H2,1-2H3,(H,14,15). The van der Waals surface area contributed by atoms with E-state index in [4.69, 9.17) is 4.74 Å². The van der Waals surface area contributed by atoms with Crippen LogP contribution in [0.1, 0.15) is 13.8 Å². The Hall–Kier alpha value is -1.14. The molecule has 0 aliphatic rings. The number of nitrogens with one attached hydrogen (secondary N) is 1. The molecule has 4 nitrogen and oxygen atoms in total. The van der Waals surface area contributed by atoms with Crippen LogP contribution in [0.4, 0.5) is 5.13 Å². The van der Waals surface area contributed by atoms with Gasteiger partial charge in [-0.15, -0.1) is 0 Å². The molecule has 104 valence electrons. The van der Waals surface area contributed by atoms with E-state index in [2.05, 4.69) is 10.3 Å². The molecular weight excluding hydrogens is 280 g/mol. The van der Waals surface area contributed by atoms with Crippen LogP contribution >= 0.6 is 11.3 Å². The van der Waals surface area contributed by atoms with Crippen LogP contribution in [0, 0.1) is 0 Å². The van der Waals surface area contributed by atoms with Crippen molar-refractivity contribution in [2.75, 3.05) is 30.0 Å². The zero-order valence-corrected chi connectivity index (χ0v) is 12.8. The third kappa shape index (κ3) is 3.91. The van der Waals surface area contributed by atoms with Crippen LogP contribution < -0.4 is 10.1 Å². The van der Waals surface area contributed by atoms with Crippen molar-refractivity contribution in [3.8, 4) is 5.75 Å².